The van der Waals surface area contributed by atoms with Crippen molar-refractivity contribution in [3.8, 4) is 0 Å². The molecule has 1 atom stereocenters. The largest absolute Gasteiger partial charge is 0.415 e. The number of amides is 2. The van der Waals surface area contributed by atoms with Crippen molar-refractivity contribution in [1.82, 2.24) is 15.6 Å². The molecular weight excluding hydrogens is 335 g/mol. The van der Waals surface area contributed by atoms with Gasteiger partial charge in [0.1, 0.15) is 5.01 Å². The number of hydrogen-bond acceptors (Lipinski definition) is 4. The number of nitrogens with one attached hydrogen (secondary N) is 2. The van der Waals surface area contributed by atoms with Crippen LogP contribution in [0, 0.1) is 13.8 Å². The molecule has 2 rings (SSSR count). The number of rotatable bonds is 4. The van der Waals surface area contributed by atoms with Crippen LogP contribution in [0.15, 0.2) is 17.6 Å². The normalized spacial score (nSPS) is 13.0. The first kappa shape index (κ1) is 16.8. The van der Waals surface area contributed by atoms with Gasteiger partial charge in [0.2, 0.25) is 0 Å². The van der Waals surface area contributed by atoms with E-state index in [4.69, 9.17) is 0 Å². The molecule has 22 heavy (non-hydrogen) atoms. The maximum atomic E-state index is 13.0. The van der Waals surface area contributed by atoms with Crippen molar-refractivity contribution in [2.45, 2.75) is 32.6 Å². The molecule has 0 aliphatic carbocycles. The zero-order valence-electron chi connectivity index (χ0n) is 11.8. The van der Waals surface area contributed by atoms with Crippen LogP contribution in [0.2, 0.25) is 0 Å². The molecule has 0 unspecified atom stereocenters. The number of carbonyl (C=O) groups is 1. The highest BCUT2D eigenvalue weighted by atomic mass is 32.1. The number of alkyl halides is 3. The summed E-state index contributed by atoms with van der Waals surface area (Å²) in [5.74, 6) is 0. The first-order valence-corrected chi connectivity index (χ1v) is 8.03. The van der Waals surface area contributed by atoms with Gasteiger partial charge >= 0.3 is 12.2 Å². The van der Waals surface area contributed by atoms with Crippen molar-refractivity contribution >= 4 is 28.7 Å². The third kappa shape index (κ3) is 4.20. The van der Waals surface area contributed by atoms with Crippen LogP contribution in [0.4, 0.5) is 18.0 Å². The monoisotopic (exact) mass is 349 g/mol. The van der Waals surface area contributed by atoms with Gasteiger partial charge in [0.25, 0.3) is 0 Å². The summed E-state index contributed by atoms with van der Waals surface area (Å²) in [6, 6.07) is -1.07. The minimum Gasteiger partial charge on any atom is -0.333 e. The zero-order valence-corrected chi connectivity index (χ0v) is 13.5. The summed E-state index contributed by atoms with van der Waals surface area (Å²) in [6.07, 6.45) is -3.32. The number of aromatic nitrogens is 1. The second kappa shape index (κ2) is 6.66. The highest BCUT2D eigenvalue weighted by Crippen LogP contribution is 2.33. The Labute approximate surface area is 133 Å². The van der Waals surface area contributed by atoms with Crippen LogP contribution >= 0.6 is 22.7 Å². The molecule has 0 saturated heterocycles. The summed E-state index contributed by atoms with van der Waals surface area (Å²) in [7, 11) is 0. The highest BCUT2D eigenvalue weighted by Gasteiger charge is 2.43. The Kier molecular flexibility index (Phi) is 5.07. The van der Waals surface area contributed by atoms with Gasteiger partial charge in [-0.2, -0.15) is 13.2 Å². The lowest BCUT2D eigenvalue weighted by Crippen LogP contribution is -2.43. The number of carbonyl (C=O) groups excluding carboxylic acids is 1. The second-order valence-electron chi connectivity index (χ2n) is 4.62. The molecule has 0 bridgehead atoms. The SMILES string of the molecule is Cc1cc(CNC(=O)N[C@H](c2nccs2)C(F)(F)F)sc1C. The fraction of sp³-hybridized carbons (Fsp3) is 0.385. The molecule has 0 aliphatic rings. The van der Waals surface area contributed by atoms with Crippen LogP contribution in [0.1, 0.15) is 26.4 Å². The van der Waals surface area contributed by atoms with E-state index in [1.807, 2.05) is 25.2 Å². The van der Waals surface area contributed by atoms with Gasteiger partial charge in [-0.05, 0) is 25.5 Å². The van der Waals surface area contributed by atoms with Crippen LogP contribution < -0.4 is 10.6 Å². The predicted octanol–water partition coefficient (Wildman–Crippen LogP) is 3.92. The van der Waals surface area contributed by atoms with Gasteiger partial charge in [-0.1, -0.05) is 0 Å². The number of halogens is 3. The summed E-state index contributed by atoms with van der Waals surface area (Å²) < 4.78 is 39.0. The Balaban J connectivity index is 1.97. The molecular formula is C13H14F3N3OS2. The lowest BCUT2D eigenvalue weighted by Gasteiger charge is -2.19. The van der Waals surface area contributed by atoms with Gasteiger partial charge in [0.05, 0.1) is 6.54 Å². The summed E-state index contributed by atoms with van der Waals surface area (Å²) >= 11 is 2.35. The molecule has 0 saturated carbocycles. The molecule has 0 radical (unpaired) electrons. The topological polar surface area (TPSA) is 54.0 Å². The Hall–Kier alpha value is -1.61. The van der Waals surface area contributed by atoms with E-state index in [0.29, 0.717) is 0 Å². The minimum atomic E-state index is -4.59. The minimum absolute atomic E-state index is 0.188. The van der Waals surface area contributed by atoms with Crippen LogP contribution in [0.5, 0.6) is 0 Å². The third-order valence-corrected chi connectivity index (χ3v) is 4.93. The van der Waals surface area contributed by atoms with Gasteiger partial charge in [0, 0.05) is 21.3 Å². The van der Waals surface area contributed by atoms with E-state index in [0.717, 1.165) is 26.7 Å². The first-order valence-electron chi connectivity index (χ1n) is 6.33. The molecule has 2 N–H and O–H groups in total. The van der Waals surface area contributed by atoms with E-state index in [2.05, 4.69) is 10.3 Å². The van der Waals surface area contributed by atoms with Crippen molar-refractivity contribution in [2.75, 3.05) is 0 Å². The third-order valence-electron chi connectivity index (χ3n) is 2.94. The lowest BCUT2D eigenvalue weighted by molar-refractivity contribution is -0.154. The molecule has 0 fully saturated rings. The van der Waals surface area contributed by atoms with Crippen molar-refractivity contribution in [3.63, 3.8) is 0 Å². The molecule has 2 amide bonds. The highest BCUT2D eigenvalue weighted by molar-refractivity contribution is 7.12. The van der Waals surface area contributed by atoms with Crippen LogP contribution in [0.3, 0.4) is 0 Å². The molecule has 120 valence electrons. The van der Waals surface area contributed by atoms with Crippen molar-refractivity contribution in [2.24, 2.45) is 0 Å². The Morgan fingerprint density at radius 1 is 1.41 bits per heavy atom. The molecule has 9 heteroatoms. The van der Waals surface area contributed by atoms with Gasteiger partial charge in [-0.15, -0.1) is 22.7 Å². The molecule has 2 aromatic heterocycles. The van der Waals surface area contributed by atoms with E-state index in [1.54, 1.807) is 0 Å². The number of nitrogens with zero attached hydrogens (tertiary/aromatic N) is 1. The van der Waals surface area contributed by atoms with E-state index in [9.17, 15) is 18.0 Å². The number of hydrogen-bond donors (Lipinski definition) is 2. The van der Waals surface area contributed by atoms with Crippen molar-refractivity contribution in [1.29, 1.82) is 0 Å². The van der Waals surface area contributed by atoms with Gasteiger partial charge in [-0.3, -0.25) is 0 Å². The fourth-order valence-electron chi connectivity index (χ4n) is 1.75. The average molecular weight is 349 g/mol. The maximum absolute atomic E-state index is 13.0. The van der Waals surface area contributed by atoms with Crippen LogP contribution in [0.25, 0.3) is 0 Å². The van der Waals surface area contributed by atoms with Crippen LogP contribution in [-0.2, 0) is 6.54 Å². The van der Waals surface area contributed by atoms with Crippen molar-refractivity contribution < 1.29 is 18.0 Å². The number of urea groups is 1. The molecule has 4 nitrogen and oxygen atoms in total. The molecule has 0 aromatic carbocycles. The Bertz CT molecular complexity index is 618. The Morgan fingerprint density at radius 2 is 2.14 bits per heavy atom. The predicted molar refractivity (Wildman–Crippen MR) is 80.1 cm³/mol. The smallest absolute Gasteiger partial charge is 0.333 e. The number of thiophene rings is 1. The van der Waals surface area contributed by atoms with E-state index >= 15 is 0 Å². The molecule has 0 spiro atoms. The van der Waals surface area contributed by atoms with Crippen LogP contribution in [-0.4, -0.2) is 17.2 Å². The average Bonchev–Trinajstić information content (AvgIpc) is 3.03. The van der Waals surface area contributed by atoms with E-state index in [-0.39, 0.29) is 11.6 Å². The summed E-state index contributed by atoms with van der Waals surface area (Å²) in [6.45, 7) is 4.08. The number of aryl methyl sites for hydroxylation is 2. The quantitative estimate of drug-likeness (QED) is 0.879. The second-order valence-corrected chi connectivity index (χ2v) is 6.89. The van der Waals surface area contributed by atoms with Gasteiger partial charge in [-0.25, -0.2) is 9.78 Å². The fourth-order valence-corrected chi connectivity index (χ4v) is 3.45. The summed E-state index contributed by atoms with van der Waals surface area (Å²) in [5, 5.41) is 5.62. The summed E-state index contributed by atoms with van der Waals surface area (Å²) in [5.41, 5.74) is 1.10. The first-order chi connectivity index (χ1) is 10.3. The Morgan fingerprint density at radius 3 is 2.64 bits per heavy atom. The van der Waals surface area contributed by atoms with E-state index in [1.165, 1.54) is 22.9 Å². The van der Waals surface area contributed by atoms with Gasteiger partial charge < -0.3 is 10.6 Å². The summed E-state index contributed by atoms with van der Waals surface area (Å²) in [4.78, 5) is 17.4. The zero-order chi connectivity index (χ0) is 16.3. The van der Waals surface area contributed by atoms with E-state index < -0.39 is 18.2 Å². The molecule has 2 heterocycles. The maximum Gasteiger partial charge on any atom is 0.415 e. The standard InChI is InChI=1S/C13H14F3N3OS2/c1-7-5-9(22-8(7)2)6-18-12(20)19-10(13(14,15)16)11-17-3-4-21-11/h3-5,10H,6H2,1-2H3,(H2,18,19,20)/t10-/m1/s1. The molecule has 2 aromatic rings. The van der Waals surface area contributed by atoms with Gasteiger partial charge in [0.15, 0.2) is 6.04 Å². The number of thiazole rings is 1. The van der Waals surface area contributed by atoms with Crippen molar-refractivity contribution in [3.05, 3.63) is 38.0 Å². The molecule has 0 aliphatic heterocycles. The lowest BCUT2D eigenvalue weighted by atomic mass is 10.3.